The highest BCUT2D eigenvalue weighted by Crippen LogP contribution is 2.55. The first-order chi connectivity index (χ1) is 15.4. The molecule has 1 aromatic rings. The van der Waals surface area contributed by atoms with E-state index in [9.17, 15) is 28.8 Å². The Morgan fingerprint density at radius 1 is 1.30 bits per heavy atom. The summed E-state index contributed by atoms with van der Waals surface area (Å²) in [4.78, 5) is 26.3. The highest BCUT2D eigenvalue weighted by atomic mass is 19.3. The minimum absolute atomic E-state index is 0.0670. The molecule has 0 amide bonds. The lowest BCUT2D eigenvalue weighted by atomic mass is 9.67. The van der Waals surface area contributed by atoms with Crippen LogP contribution < -0.4 is 4.74 Å². The summed E-state index contributed by atoms with van der Waals surface area (Å²) in [5.41, 5.74) is 0.341. The van der Waals surface area contributed by atoms with Crippen molar-refractivity contribution in [3.8, 4) is 11.5 Å². The Kier molecular flexibility index (Phi) is 7.14. The third kappa shape index (κ3) is 5.36. The van der Waals surface area contributed by atoms with Crippen LogP contribution in [-0.2, 0) is 20.3 Å². The first kappa shape index (κ1) is 24.7. The van der Waals surface area contributed by atoms with Crippen molar-refractivity contribution in [3.63, 3.8) is 0 Å². The van der Waals surface area contributed by atoms with E-state index >= 15 is 0 Å². The van der Waals surface area contributed by atoms with E-state index in [0.29, 0.717) is 24.8 Å². The number of phenols is 1. The summed E-state index contributed by atoms with van der Waals surface area (Å²) in [6, 6.07) is 2.04. The number of rotatable bonds is 9. The van der Waals surface area contributed by atoms with E-state index in [2.05, 4.69) is 10.9 Å². The number of carbonyl (C=O) groups is 1. The Bertz CT molecular complexity index is 945. The zero-order valence-corrected chi connectivity index (χ0v) is 18.9. The molecule has 3 rings (SSSR count). The molecule has 2 atom stereocenters. The van der Waals surface area contributed by atoms with Crippen LogP contribution in [0.2, 0.25) is 0 Å². The second-order valence-corrected chi connectivity index (χ2v) is 9.14. The second-order valence-electron chi connectivity index (χ2n) is 9.14. The Morgan fingerprint density at radius 2 is 2.00 bits per heavy atom. The number of fused-ring (bicyclic) bond motifs is 3. The fourth-order valence-electron chi connectivity index (χ4n) is 4.64. The minimum atomic E-state index is -3.98. The number of esters is 1. The quantitative estimate of drug-likeness (QED) is 0.178. The van der Waals surface area contributed by atoms with E-state index in [-0.39, 0.29) is 43.0 Å². The van der Waals surface area contributed by atoms with Crippen LogP contribution in [0.25, 0.3) is 0 Å². The molecule has 1 N–H and O–H groups in total. The van der Waals surface area contributed by atoms with Crippen LogP contribution in [0.3, 0.4) is 0 Å². The predicted octanol–water partition coefficient (Wildman–Crippen LogP) is 5.02. The van der Waals surface area contributed by atoms with Gasteiger partial charge in [-0.15, -0.1) is 10.1 Å². The van der Waals surface area contributed by atoms with Gasteiger partial charge < -0.3 is 19.4 Å². The van der Waals surface area contributed by atoms with E-state index in [1.807, 2.05) is 20.8 Å². The molecular formula is C23H29F2NO7. The number of benzene rings is 1. The molecule has 182 valence electrons. The lowest BCUT2D eigenvalue weighted by molar-refractivity contribution is -0.757. The molecule has 0 fully saturated rings. The monoisotopic (exact) mass is 469 g/mol. The lowest BCUT2D eigenvalue weighted by Crippen LogP contribution is -2.45. The highest BCUT2D eigenvalue weighted by Gasteiger charge is 2.48. The van der Waals surface area contributed by atoms with Gasteiger partial charge in [0.1, 0.15) is 17.1 Å². The predicted molar refractivity (Wildman–Crippen MR) is 114 cm³/mol. The first-order valence-electron chi connectivity index (χ1n) is 11.0. The Morgan fingerprint density at radius 3 is 2.70 bits per heavy atom. The number of hydrogen-bond acceptors (Lipinski definition) is 7. The van der Waals surface area contributed by atoms with Crippen LogP contribution in [0.4, 0.5) is 8.78 Å². The van der Waals surface area contributed by atoms with E-state index < -0.39 is 28.1 Å². The van der Waals surface area contributed by atoms with Crippen molar-refractivity contribution in [1.82, 2.24) is 0 Å². The summed E-state index contributed by atoms with van der Waals surface area (Å²) in [7, 11) is 0. The van der Waals surface area contributed by atoms with E-state index in [1.165, 1.54) is 5.57 Å². The summed E-state index contributed by atoms with van der Waals surface area (Å²) < 4.78 is 40.5. The molecule has 1 heterocycles. The first-order valence-corrected chi connectivity index (χ1v) is 11.0. The molecule has 2 unspecified atom stereocenters. The molecule has 33 heavy (non-hydrogen) atoms. The molecule has 0 saturated carbocycles. The van der Waals surface area contributed by atoms with Gasteiger partial charge >= 0.3 is 11.9 Å². The van der Waals surface area contributed by atoms with Crippen molar-refractivity contribution in [2.45, 2.75) is 70.3 Å². The van der Waals surface area contributed by atoms with Gasteiger partial charge in [-0.2, -0.15) is 8.78 Å². The van der Waals surface area contributed by atoms with Gasteiger partial charge in [0, 0.05) is 23.0 Å². The molecule has 0 bridgehead atoms. The van der Waals surface area contributed by atoms with Crippen molar-refractivity contribution < 1.29 is 38.1 Å². The smallest absolute Gasteiger partial charge is 0.381 e. The molecule has 0 spiro atoms. The SMILES string of the molecule is CC1=CCC2C(C1)c1c(O)cc(C(F)(F)C(=O)OCCCCCO[N+](=O)[O-])cc1OC2(C)C. The van der Waals surface area contributed by atoms with Crippen molar-refractivity contribution in [2.75, 3.05) is 13.2 Å². The molecule has 1 aliphatic carbocycles. The maximum atomic E-state index is 14.9. The maximum absolute atomic E-state index is 14.9. The summed E-state index contributed by atoms with van der Waals surface area (Å²) >= 11 is 0. The minimum Gasteiger partial charge on any atom is -0.508 e. The normalized spacial score (nSPS) is 21.2. The van der Waals surface area contributed by atoms with Crippen LogP contribution in [0, 0.1) is 16.0 Å². The zero-order chi connectivity index (χ0) is 24.4. The third-order valence-corrected chi connectivity index (χ3v) is 6.34. The van der Waals surface area contributed by atoms with Gasteiger partial charge in [-0.3, -0.25) is 0 Å². The number of carbonyl (C=O) groups excluding carboxylic acids is 1. The molecule has 0 saturated heterocycles. The Labute approximate surface area is 190 Å². The number of alkyl halides is 2. The van der Waals surface area contributed by atoms with Crippen LogP contribution in [0.1, 0.15) is 69.9 Å². The standard InChI is InChI=1S/C23H29F2NO7/c1-14-7-8-17-16(11-14)20-18(27)12-15(13-19(20)33-22(17,2)3)23(24,25)21(28)31-9-5-4-6-10-32-26(29)30/h7,12-13,16-17,27H,4-6,8-11H2,1-3H3. The van der Waals surface area contributed by atoms with Crippen molar-refractivity contribution in [3.05, 3.63) is 45.0 Å². The average molecular weight is 469 g/mol. The van der Waals surface area contributed by atoms with Crippen molar-refractivity contribution in [2.24, 2.45) is 5.92 Å². The summed E-state index contributed by atoms with van der Waals surface area (Å²) in [6.07, 6.45) is 4.60. The van der Waals surface area contributed by atoms with E-state index in [1.54, 1.807) is 0 Å². The molecule has 10 heteroatoms. The molecular weight excluding hydrogens is 440 g/mol. The third-order valence-electron chi connectivity index (χ3n) is 6.34. The largest absolute Gasteiger partial charge is 0.508 e. The topological polar surface area (TPSA) is 108 Å². The number of allylic oxidation sites excluding steroid dienone is 2. The number of unbranched alkanes of at least 4 members (excludes halogenated alkanes) is 2. The highest BCUT2D eigenvalue weighted by molar-refractivity contribution is 5.80. The van der Waals surface area contributed by atoms with Gasteiger partial charge in [0.25, 0.3) is 5.09 Å². The van der Waals surface area contributed by atoms with Gasteiger partial charge in [0.15, 0.2) is 0 Å². The van der Waals surface area contributed by atoms with Crippen LogP contribution in [0.5, 0.6) is 11.5 Å². The van der Waals surface area contributed by atoms with Crippen LogP contribution in [0.15, 0.2) is 23.8 Å². The number of phenolic OH excluding ortho intramolecular Hbond substituents is 1. The second kappa shape index (κ2) is 9.52. The van der Waals surface area contributed by atoms with E-state index in [0.717, 1.165) is 18.6 Å². The fraction of sp³-hybridized carbons (Fsp3) is 0.609. The molecule has 0 aromatic heterocycles. The maximum Gasteiger partial charge on any atom is 0.381 e. The van der Waals surface area contributed by atoms with Crippen LogP contribution in [-0.4, -0.2) is 35.0 Å². The summed E-state index contributed by atoms with van der Waals surface area (Å²) in [5, 5.41) is 19.8. The fourth-order valence-corrected chi connectivity index (χ4v) is 4.64. The average Bonchev–Trinajstić information content (AvgIpc) is 2.71. The number of hydrogen-bond donors (Lipinski definition) is 1. The van der Waals surface area contributed by atoms with E-state index in [4.69, 9.17) is 9.47 Å². The van der Waals surface area contributed by atoms with Gasteiger partial charge in [-0.25, -0.2) is 4.79 Å². The van der Waals surface area contributed by atoms with Crippen molar-refractivity contribution >= 4 is 5.97 Å². The van der Waals surface area contributed by atoms with Crippen LogP contribution >= 0.6 is 0 Å². The molecule has 0 radical (unpaired) electrons. The number of nitrogens with zero attached hydrogens (tertiary/aromatic N) is 1. The molecule has 8 nitrogen and oxygen atoms in total. The molecule has 1 aliphatic heterocycles. The lowest BCUT2D eigenvalue weighted by Gasteiger charge is -2.47. The Hall–Kier alpha value is -2.91. The van der Waals surface area contributed by atoms with Gasteiger partial charge in [0.2, 0.25) is 0 Å². The summed E-state index contributed by atoms with van der Waals surface area (Å²) in [6.45, 7) is 5.43. The number of aromatic hydroxyl groups is 1. The van der Waals surface area contributed by atoms with Crippen molar-refractivity contribution in [1.29, 1.82) is 0 Å². The zero-order valence-electron chi connectivity index (χ0n) is 18.9. The number of ether oxygens (including phenoxy) is 2. The summed E-state index contributed by atoms with van der Waals surface area (Å²) in [5.74, 6) is -5.85. The van der Waals surface area contributed by atoms with Gasteiger partial charge in [0.05, 0.1) is 13.2 Å². The number of halogens is 2. The molecule has 1 aromatic carbocycles. The Balaban J connectivity index is 1.71. The molecule has 2 aliphatic rings. The van der Waals surface area contributed by atoms with Gasteiger partial charge in [-0.05, 0) is 65.0 Å². The van der Waals surface area contributed by atoms with Gasteiger partial charge in [-0.1, -0.05) is 11.6 Å².